The van der Waals surface area contributed by atoms with E-state index in [9.17, 15) is 9.59 Å². The molecule has 2 rings (SSSR count). The predicted octanol–water partition coefficient (Wildman–Crippen LogP) is 2.36. The Labute approximate surface area is 140 Å². The van der Waals surface area contributed by atoms with E-state index in [2.05, 4.69) is 15.5 Å². The first-order valence-electron chi connectivity index (χ1n) is 7.68. The Hall–Kier alpha value is -3.02. The number of hydrogen-bond acceptors (Lipinski definition) is 5. The number of benzene rings is 1. The zero-order valence-electron chi connectivity index (χ0n) is 13.4. The van der Waals surface area contributed by atoms with Gasteiger partial charge in [0.2, 0.25) is 0 Å². The van der Waals surface area contributed by atoms with E-state index in [1.54, 1.807) is 19.1 Å². The highest BCUT2D eigenvalue weighted by Crippen LogP contribution is 2.05. The van der Waals surface area contributed by atoms with E-state index < -0.39 is 11.9 Å². The third-order valence-corrected chi connectivity index (χ3v) is 3.24. The van der Waals surface area contributed by atoms with E-state index in [1.165, 1.54) is 12.4 Å². The van der Waals surface area contributed by atoms with Crippen LogP contribution in [-0.4, -0.2) is 29.2 Å². The summed E-state index contributed by atoms with van der Waals surface area (Å²) in [4.78, 5) is 27.9. The number of carbonyl (C=O) groups is 2. The summed E-state index contributed by atoms with van der Waals surface area (Å²) in [6, 6.07) is 12.9. The molecule has 0 unspecified atom stereocenters. The van der Waals surface area contributed by atoms with Gasteiger partial charge in [-0.3, -0.25) is 9.78 Å². The summed E-state index contributed by atoms with van der Waals surface area (Å²) in [7, 11) is 0. The molecule has 0 fully saturated rings. The van der Waals surface area contributed by atoms with Crippen LogP contribution in [0.1, 0.15) is 29.3 Å². The Bertz CT molecular complexity index is 700. The summed E-state index contributed by atoms with van der Waals surface area (Å²) < 4.78 is 5.00. The number of esters is 1. The molecule has 0 atom stereocenters. The van der Waals surface area contributed by atoms with E-state index >= 15 is 0 Å². The van der Waals surface area contributed by atoms with Gasteiger partial charge >= 0.3 is 5.97 Å². The van der Waals surface area contributed by atoms with E-state index in [1.807, 2.05) is 30.3 Å². The lowest BCUT2D eigenvalue weighted by molar-refractivity contribution is -0.135. The van der Waals surface area contributed by atoms with Gasteiger partial charge in [0.05, 0.1) is 6.61 Å². The van der Waals surface area contributed by atoms with Gasteiger partial charge in [-0.2, -0.15) is 5.10 Å². The fraction of sp³-hybridized carbons (Fsp3) is 0.222. The molecule has 0 bridgehead atoms. The quantitative estimate of drug-likeness (QED) is 0.481. The molecule has 0 aliphatic carbocycles. The number of amides is 1. The number of pyridine rings is 1. The normalized spacial score (nSPS) is 11.0. The van der Waals surface area contributed by atoms with Crippen molar-refractivity contribution in [2.24, 2.45) is 5.10 Å². The molecule has 0 aliphatic heterocycles. The molecule has 1 amide bonds. The molecule has 1 N–H and O–H groups in total. The van der Waals surface area contributed by atoms with Crippen molar-refractivity contribution >= 4 is 17.6 Å². The van der Waals surface area contributed by atoms with Crippen molar-refractivity contribution in [2.75, 3.05) is 6.61 Å². The molecule has 6 heteroatoms. The van der Waals surface area contributed by atoms with Crippen molar-refractivity contribution in [2.45, 2.75) is 19.8 Å². The van der Waals surface area contributed by atoms with Crippen molar-refractivity contribution in [3.05, 3.63) is 66.0 Å². The first kappa shape index (κ1) is 17.3. The topological polar surface area (TPSA) is 80.6 Å². The largest absolute Gasteiger partial charge is 0.461 e. The molecule has 2 aromatic rings. The SMILES string of the molecule is CCOC(=O)/C(CCc1ccccc1)=N/NC(=O)c1ccncc1. The molecular formula is C18H19N3O3. The predicted molar refractivity (Wildman–Crippen MR) is 90.5 cm³/mol. The fourth-order valence-electron chi connectivity index (χ4n) is 2.01. The van der Waals surface area contributed by atoms with Crippen LogP contribution in [0.5, 0.6) is 0 Å². The molecule has 124 valence electrons. The van der Waals surface area contributed by atoms with Crippen LogP contribution >= 0.6 is 0 Å². The second kappa shape index (κ2) is 9.19. The lowest BCUT2D eigenvalue weighted by atomic mass is 10.1. The van der Waals surface area contributed by atoms with Crippen molar-refractivity contribution in [3.8, 4) is 0 Å². The number of carbonyl (C=O) groups excluding carboxylic acids is 2. The highest BCUT2D eigenvalue weighted by Gasteiger charge is 2.14. The third kappa shape index (κ3) is 5.31. The zero-order chi connectivity index (χ0) is 17.2. The molecule has 1 heterocycles. The Morgan fingerprint density at radius 1 is 1.12 bits per heavy atom. The van der Waals surface area contributed by atoms with Gasteiger partial charge in [0.15, 0.2) is 0 Å². The number of nitrogens with one attached hydrogen (secondary N) is 1. The number of aromatic nitrogens is 1. The number of hydrazone groups is 1. The first-order valence-corrected chi connectivity index (χ1v) is 7.68. The summed E-state index contributed by atoms with van der Waals surface area (Å²) >= 11 is 0. The standard InChI is InChI=1S/C18H19N3O3/c1-2-24-18(23)16(9-8-14-6-4-3-5-7-14)20-21-17(22)15-10-12-19-13-11-15/h3-7,10-13H,2,8-9H2,1H3,(H,21,22)/b20-16+. The summed E-state index contributed by atoms with van der Waals surface area (Å²) in [6.45, 7) is 1.98. The van der Waals surface area contributed by atoms with E-state index in [-0.39, 0.29) is 12.3 Å². The number of ether oxygens (including phenoxy) is 1. The van der Waals surface area contributed by atoms with Crippen molar-refractivity contribution in [1.82, 2.24) is 10.4 Å². The Kier molecular flexibility index (Phi) is 6.64. The van der Waals surface area contributed by atoms with Crippen LogP contribution in [0.15, 0.2) is 60.0 Å². The number of rotatable bonds is 7. The highest BCUT2D eigenvalue weighted by atomic mass is 16.5. The van der Waals surface area contributed by atoms with Crippen molar-refractivity contribution < 1.29 is 14.3 Å². The summed E-state index contributed by atoms with van der Waals surface area (Å²) in [5.41, 5.74) is 4.07. The third-order valence-electron chi connectivity index (χ3n) is 3.24. The maximum absolute atomic E-state index is 12.0. The first-order chi connectivity index (χ1) is 11.7. The fourth-order valence-corrected chi connectivity index (χ4v) is 2.01. The second-order valence-electron chi connectivity index (χ2n) is 4.94. The summed E-state index contributed by atoms with van der Waals surface area (Å²) in [6.07, 6.45) is 4.03. The van der Waals surface area contributed by atoms with Crippen LogP contribution in [0.4, 0.5) is 0 Å². The Morgan fingerprint density at radius 2 is 1.83 bits per heavy atom. The van der Waals surface area contributed by atoms with Gasteiger partial charge in [-0.1, -0.05) is 30.3 Å². The van der Waals surface area contributed by atoms with Gasteiger partial charge in [-0.15, -0.1) is 0 Å². The van der Waals surface area contributed by atoms with E-state index in [0.717, 1.165) is 5.56 Å². The molecule has 0 saturated carbocycles. The lowest BCUT2D eigenvalue weighted by Gasteiger charge is -2.07. The van der Waals surface area contributed by atoms with Gasteiger partial charge in [-0.25, -0.2) is 10.2 Å². The number of hydrogen-bond donors (Lipinski definition) is 1. The van der Waals surface area contributed by atoms with Crippen LogP contribution in [0.25, 0.3) is 0 Å². The van der Waals surface area contributed by atoms with Crippen LogP contribution in [0.2, 0.25) is 0 Å². The van der Waals surface area contributed by atoms with Crippen LogP contribution < -0.4 is 5.43 Å². The van der Waals surface area contributed by atoms with Crippen LogP contribution in [0.3, 0.4) is 0 Å². The van der Waals surface area contributed by atoms with Crippen LogP contribution in [0, 0.1) is 0 Å². The Balaban J connectivity index is 2.04. The maximum Gasteiger partial charge on any atom is 0.354 e. The molecule has 24 heavy (non-hydrogen) atoms. The minimum atomic E-state index is -0.525. The molecule has 0 radical (unpaired) electrons. The zero-order valence-corrected chi connectivity index (χ0v) is 13.4. The van der Waals surface area contributed by atoms with E-state index in [4.69, 9.17) is 4.74 Å². The van der Waals surface area contributed by atoms with Crippen molar-refractivity contribution in [1.29, 1.82) is 0 Å². The summed E-state index contributed by atoms with van der Waals surface area (Å²) in [5.74, 6) is -0.928. The smallest absolute Gasteiger partial charge is 0.354 e. The molecule has 0 spiro atoms. The molecule has 1 aromatic carbocycles. The second-order valence-corrected chi connectivity index (χ2v) is 4.94. The minimum absolute atomic E-state index is 0.183. The molecule has 1 aromatic heterocycles. The molecular weight excluding hydrogens is 306 g/mol. The van der Waals surface area contributed by atoms with Crippen molar-refractivity contribution in [3.63, 3.8) is 0 Å². The van der Waals surface area contributed by atoms with Gasteiger partial charge in [0.1, 0.15) is 5.71 Å². The number of nitrogens with zero attached hydrogens (tertiary/aromatic N) is 2. The monoisotopic (exact) mass is 325 g/mol. The van der Waals surface area contributed by atoms with E-state index in [0.29, 0.717) is 18.4 Å². The Morgan fingerprint density at radius 3 is 2.50 bits per heavy atom. The molecule has 0 saturated heterocycles. The molecule has 0 aliphatic rings. The average Bonchev–Trinajstić information content (AvgIpc) is 2.63. The van der Waals surface area contributed by atoms with Gasteiger partial charge in [0, 0.05) is 24.4 Å². The highest BCUT2D eigenvalue weighted by molar-refractivity contribution is 6.36. The van der Waals surface area contributed by atoms with Crippen LogP contribution in [-0.2, 0) is 16.0 Å². The average molecular weight is 325 g/mol. The molecule has 6 nitrogen and oxygen atoms in total. The lowest BCUT2D eigenvalue weighted by Crippen LogP contribution is -2.25. The van der Waals surface area contributed by atoms with Gasteiger partial charge < -0.3 is 4.74 Å². The minimum Gasteiger partial charge on any atom is -0.461 e. The van der Waals surface area contributed by atoms with Gasteiger partial charge in [-0.05, 0) is 31.0 Å². The maximum atomic E-state index is 12.0. The van der Waals surface area contributed by atoms with Gasteiger partial charge in [0.25, 0.3) is 5.91 Å². The number of aryl methyl sites for hydroxylation is 1. The summed E-state index contributed by atoms with van der Waals surface area (Å²) in [5, 5.41) is 3.96.